The maximum Gasteiger partial charge on any atom is 0.141 e. The number of nitrogens with one attached hydrogen (secondary N) is 1. The average Bonchev–Trinajstić information content (AvgIpc) is 2.34. The summed E-state index contributed by atoms with van der Waals surface area (Å²) in [5.74, 6) is 1.20. The van der Waals surface area contributed by atoms with Gasteiger partial charge in [-0.05, 0) is 37.5 Å². The Morgan fingerprint density at radius 1 is 1.46 bits per heavy atom. The van der Waals surface area contributed by atoms with Gasteiger partial charge in [-0.2, -0.15) is 0 Å². The summed E-state index contributed by atoms with van der Waals surface area (Å²) in [6.07, 6.45) is 0.841. The van der Waals surface area contributed by atoms with Crippen molar-refractivity contribution < 1.29 is 4.79 Å². The molecule has 0 bridgehead atoms. The molecule has 0 radical (unpaired) electrons. The molecule has 0 aromatic rings. The van der Waals surface area contributed by atoms with Crippen LogP contribution in [0.3, 0.4) is 0 Å². The second kappa shape index (κ2) is 2.05. The smallest absolute Gasteiger partial charge is 0.141 e. The molecule has 0 spiro atoms. The number of fused-ring (bicyclic) bond motifs is 1. The fourth-order valence-corrected chi connectivity index (χ4v) is 3.32. The molecule has 0 saturated heterocycles. The SMILES string of the molecule is CC(=O)[C@@]1(C)C(=N)C[C@@H]2[C@@H]1C2(C)C. The third-order valence-corrected chi connectivity index (χ3v) is 4.45. The topological polar surface area (TPSA) is 40.9 Å². The van der Waals surface area contributed by atoms with Crippen molar-refractivity contribution in [2.24, 2.45) is 22.7 Å². The lowest BCUT2D eigenvalue weighted by Gasteiger charge is -2.27. The Balaban J connectivity index is 2.39. The zero-order chi connectivity index (χ0) is 10.0. The maximum atomic E-state index is 11.6. The van der Waals surface area contributed by atoms with E-state index in [0.29, 0.717) is 23.0 Å². The lowest BCUT2D eigenvalue weighted by Crippen LogP contribution is -2.35. The first-order valence-electron chi connectivity index (χ1n) is 4.92. The van der Waals surface area contributed by atoms with Crippen molar-refractivity contribution in [2.45, 2.75) is 34.1 Å². The minimum Gasteiger partial charge on any atom is -0.309 e. The third kappa shape index (κ3) is 0.792. The molecule has 0 amide bonds. The van der Waals surface area contributed by atoms with E-state index >= 15 is 0 Å². The second-order valence-corrected chi connectivity index (χ2v) is 5.35. The fourth-order valence-electron chi connectivity index (χ4n) is 3.32. The molecular formula is C11H17NO. The molecule has 0 aromatic heterocycles. The lowest BCUT2D eigenvalue weighted by atomic mass is 9.75. The highest BCUT2D eigenvalue weighted by Gasteiger charge is 2.72. The summed E-state index contributed by atoms with van der Waals surface area (Å²) in [6, 6.07) is 0. The van der Waals surface area contributed by atoms with Crippen molar-refractivity contribution in [1.29, 1.82) is 5.41 Å². The zero-order valence-corrected chi connectivity index (χ0v) is 8.77. The summed E-state index contributed by atoms with van der Waals surface area (Å²) in [4.78, 5) is 11.6. The largest absolute Gasteiger partial charge is 0.309 e. The number of carbonyl (C=O) groups is 1. The van der Waals surface area contributed by atoms with Crippen LogP contribution in [0.15, 0.2) is 0 Å². The van der Waals surface area contributed by atoms with E-state index in [2.05, 4.69) is 13.8 Å². The molecule has 2 rings (SSSR count). The van der Waals surface area contributed by atoms with Gasteiger partial charge in [0.1, 0.15) is 5.78 Å². The van der Waals surface area contributed by atoms with E-state index in [0.717, 1.165) is 6.42 Å². The van der Waals surface area contributed by atoms with E-state index < -0.39 is 5.41 Å². The van der Waals surface area contributed by atoms with Crippen LogP contribution in [-0.4, -0.2) is 11.5 Å². The Labute approximate surface area is 79.2 Å². The van der Waals surface area contributed by atoms with Gasteiger partial charge >= 0.3 is 0 Å². The highest BCUT2D eigenvalue weighted by molar-refractivity contribution is 6.10. The van der Waals surface area contributed by atoms with Crippen LogP contribution < -0.4 is 0 Å². The summed E-state index contributed by atoms with van der Waals surface area (Å²) in [5, 5.41) is 7.85. The maximum absolute atomic E-state index is 11.6. The predicted octanol–water partition coefficient (Wildman–Crippen LogP) is 2.28. The van der Waals surface area contributed by atoms with Crippen molar-refractivity contribution in [3.8, 4) is 0 Å². The molecule has 0 aromatic carbocycles. The molecular weight excluding hydrogens is 162 g/mol. The molecule has 13 heavy (non-hydrogen) atoms. The number of hydrogen-bond acceptors (Lipinski definition) is 2. The van der Waals surface area contributed by atoms with Crippen molar-refractivity contribution in [2.75, 3.05) is 0 Å². The highest BCUT2D eigenvalue weighted by Crippen LogP contribution is 2.72. The molecule has 0 aliphatic heterocycles. The standard InChI is InChI=1S/C11H17NO/c1-6(13)11(4)8(12)5-7-9(11)10(7,2)3/h7,9,12H,5H2,1-4H3/t7-,9-,11+/m1/s1. The number of ketones is 1. The fraction of sp³-hybridized carbons (Fsp3) is 0.818. The number of Topliss-reactive ketones (excluding diaryl/α,β-unsaturated/α-hetero) is 1. The van der Waals surface area contributed by atoms with Crippen LogP contribution >= 0.6 is 0 Å². The molecule has 2 aliphatic rings. The van der Waals surface area contributed by atoms with Gasteiger partial charge in [-0.3, -0.25) is 4.79 Å². The molecule has 1 N–H and O–H groups in total. The van der Waals surface area contributed by atoms with E-state index in [1.54, 1.807) is 6.92 Å². The summed E-state index contributed by atoms with van der Waals surface area (Å²) in [6.45, 7) is 8.02. The first kappa shape index (κ1) is 8.92. The Hall–Kier alpha value is -0.660. The molecule has 0 heterocycles. The predicted molar refractivity (Wildman–Crippen MR) is 51.9 cm³/mol. The second-order valence-electron chi connectivity index (χ2n) is 5.35. The number of carbonyl (C=O) groups excluding carboxylic acids is 1. The van der Waals surface area contributed by atoms with E-state index in [9.17, 15) is 4.79 Å². The minimum absolute atomic E-state index is 0.176. The van der Waals surface area contributed by atoms with Crippen molar-refractivity contribution in [1.82, 2.24) is 0 Å². The van der Waals surface area contributed by atoms with Crippen LogP contribution in [0.4, 0.5) is 0 Å². The van der Waals surface area contributed by atoms with Gasteiger partial charge in [0.15, 0.2) is 0 Å². The van der Waals surface area contributed by atoms with Crippen molar-refractivity contribution in [3.05, 3.63) is 0 Å². The molecule has 72 valence electrons. The van der Waals surface area contributed by atoms with Gasteiger partial charge in [-0.25, -0.2) is 0 Å². The van der Waals surface area contributed by atoms with Crippen LogP contribution in [0.2, 0.25) is 0 Å². The van der Waals surface area contributed by atoms with Crippen molar-refractivity contribution >= 4 is 11.5 Å². The summed E-state index contributed by atoms with van der Waals surface area (Å²) < 4.78 is 0. The van der Waals surface area contributed by atoms with Gasteiger partial charge in [0.25, 0.3) is 0 Å². The van der Waals surface area contributed by atoms with Crippen LogP contribution in [0.1, 0.15) is 34.1 Å². The Morgan fingerprint density at radius 3 is 2.31 bits per heavy atom. The van der Waals surface area contributed by atoms with Crippen LogP contribution in [-0.2, 0) is 4.79 Å². The first-order chi connectivity index (χ1) is 5.83. The molecule has 2 nitrogen and oxygen atoms in total. The molecule has 2 saturated carbocycles. The Morgan fingerprint density at radius 2 is 2.00 bits per heavy atom. The molecule has 2 heteroatoms. The third-order valence-electron chi connectivity index (χ3n) is 4.45. The van der Waals surface area contributed by atoms with Gasteiger partial charge in [-0.1, -0.05) is 13.8 Å². The minimum atomic E-state index is -0.436. The number of hydrogen-bond donors (Lipinski definition) is 1. The van der Waals surface area contributed by atoms with Gasteiger partial charge in [0.2, 0.25) is 0 Å². The van der Waals surface area contributed by atoms with Gasteiger partial charge < -0.3 is 5.41 Å². The molecule has 0 unspecified atom stereocenters. The first-order valence-corrected chi connectivity index (χ1v) is 4.92. The van der Waals surface area contributed by atoms with E-state index in [4.69, 9.17) is 5.41 Å². The van der Waals surface area contributed by atoms with Gasteiger partial charge in [-0.15, -0.1) is 0 Å². The van der Waals surface area contributed by atoms with Gasteiger partial charge in [0.05, 0.1) is 5.41 Å². The Kier molecular flexibility index (Phi) is 1.40. The highest BCUT2D eigenvalue weighted by atomic mass is 16.1. The molecule has 2 fully saturated rings. The lowest BCUT2D eigenvalue weighted by molar-refractivity contribution is -0.123. The van der Waals surface area contributed by atoms with Crippen LogP contribution in [0.25, 0.3) is 0 Å². The summed E-state index contributed by atoms with van der Waals surface area (Å²) in [7, 11) is 0. The zero-order valence-electron chi connectivity index (χ0n) is 8.77. The summed E-state index contributed by atoms with van der Waals surface area (Å²) in [5.41, 5.74) is 0.522. The van der Waals surface area contributed by atoms with E-state index in [1.807, 2.05) is 6.92 Å². The van der Waals surface area contributed by atoms with Crippen molar-refractivity contribution in [3.63, 3.8) is 0 Å². The van der Waals surface area contributed by atoms with Crippen LogP contribution in [0, 0.1) is 28.1 Å². The monoisotopic (exact) mass is 179 g/mol. The molecule has 3 atom stereocenters. The normalized spacial score (nSPS) is 46.0. The average molecular weight is 179 g/mol. The van der Waals surface area contributed by atoms with E-state index in [1.165, 1.54) is 0 Å². The number of rotatable bonds is 1. The van der Waals surface area contributed by atoms with E-state index in [-0.39, 0.29) is 5.78 Å². The van der Waals surface area contributed by atoms with Gasteiger partial charge in [0, 0.05) is 5.71 Å². The van der Waals surface area contributed by atoms with Crippen LogP contribution in [0.5, 0.6) is 0 Å². The Bertz CT molecular complexity index is 305. The molecule has 2 aliphatic carbocycles. The summed E-state index contributed by atoms with van der Waals surface area (Å²) >= 11 is 0. The quantitative estimate of drug-likeness (QED) is 0.659.